The molecule has 39 heavy (non-hydrogen) atoms. The molecule has 1 fully saturated rings. The minimum atomic E-state index is -0.311. The van der Waals surface area contributed by atoms with Gasteiger partial charge in [0.15, 0.2) is 28.8 Å². The lowest BCUT2D eigenvalue weighted by Gasteiger charge is -2.27. The summed E-state index contributed by atoms with van der Waals surface area (Å²) in [5, 5.41) is 3.08. The second-order valence-electron chi connectivity index (χ2n) is 9.10. The first kappa shape index (κ1) is 27.3. The quantitative estimate of drug-likeness (QED) is 0.315. The average Bonchev–Trinajstić information content (AvgIpc) is 2.95. The van der Waals surface area contributed by atoms with Crippen molar-refractivity contribution >= 4 is 29.5 Å². The van der Waals surface area contributed by atoms with Crippen molar-refractivity contribution in [1.29, 1.82) is 0 Å². The van der Waals surface area contributed by atoms with Crippen LogP contribution in [-0.2, 0) is 4.79 Å². The summed E-state index contributed by atoms with van der Waals surface area (Å²) in [7, 11) is 6.26. The smallest absolute Gasteiger partial charge is 0.251 e. The summed E-state index contributed by atoms with van der Waals surface area (Å²) in [5.41, 5.74) is 9.54. The number of hydrogen-bond donors (Lipinski definition) is 2. The predicted octanol–water partition coefficient (Wildman–Crippen LogP) is 4.93. The molecule has 0 aromatic heterocycles. The van der Waals surface area contributed by atoms with Crippen molar-refractivity contribution in [2.45, 2.75) is 18.9 Å². The Bertz CT molecular complexity index is 1370. The van der Waals surface area contributed by atoms with Crippen molar-refractivity contribution in [3.8, 4) is 23.0 Å². The Morgan fingerprint density at radius 3 is 1.74 bits per heavy atom. The van der Waals surface area contributed by atoms with Crippen LogP contribution in [0, 0.1) is 0 Å². The van der Waals surface area contributed by atoms with Gasteiger partial charge in [0.25, 0.3) is 5.91 Å². The highest BCUT2D eigenvalue weighted by atomic mass is 16.5. The van der Waals surface area contributed by atoms with E-state index in [9.17, 15) is 9.59 Å². The molecular formula is C31H32N2O6. The van der Waals surface area contributed by atoms with Gasteiger partial charge in [0.1, 0.15) is 0 Å². The Morgan fingerprint density at radius 1 is 0.769 bits per heavy atom. The fraction of sp³-hybridized carbons (Fsp3) is 0.226. The molecule has 0 radical (unpaired) electrons. The Morgan fingerprint density at radius 2 is 1.28 bits per heavy atom. The van der Waals surface area contributed by atoms with Gasteiger partial charge in [-0.3, -0.25) is 9.59 Å². The predicted molar refractivity (Wildman–Crippen MR) is 151 cm³/mol. The zero-order chi connectivity index (χ0) is 27.9. The number of nitrogens with two attached hydrogens (primary N) is 1. The Balaban J connectivity index is 1.71. The summed E-state index contributed by atoms with van der Waals surface area (Å²) in [6.45, 7) is 0. The largest absolute Gasteiger partial charge is 0.493 e. The first-order valence-corrected chi connectivity index (χ1v) is 12.4. The molecule has 3 aromatic rings. The maximum Gasteiger partial charge on any atom is 0.251 e. The molecule has 8 heteroatoms. The number of nitrogens with one attached hydrogen (secondary N) is 1. The van der Waals surface area contributed by atoms with E-state index in [1.54, 1.807) is 64.8 Å². The van der Waals surface area contributed by atoms with Gasteiger partial charge >= 0.3 is 0 Å². The van der Waals surface area contributed by atoms with Crippen LogP contribution in [-0.4, -0.2) is 46.2 Å². The number of carbonyl (C=O) groups is 2. The van der Waals surface area contributed by atoms with Crippen LogP contribution in [0.5, 0.6) is 23.0 Å². The Hall–Kier alpha value is -4.72. The minimum Gasteiger partial charge on any atom is -0.493 e. The van der Waals surface area contributed by atoms with Gasteiger partial charge < -0.3 is 30.0 Å². The van der Waals surface area contributed by atoms with E-state index in [0.717, 1.165) is 11.1 Å². The Labute approximate surface area is 228 Å². The van der Waals surface area contributed by atoms with Crippen LogP contribution >= 0.6 is 0 Å². The number of ketones is 1. The van der Waals surface area contributed by atoms with Gasteiger partial charge in [-0.2, -0.15) is 0 Å². The highest BCUT2D eigenvalue weighted by Crippen LogP contribution is 2.34. The summed E-state index contributed by atoms with van der Waals surface area (Å²) in [4.78, 5) is 26.7. The van der Waals surface area contributed by atoms with Crippen molar-refractivity contribution in [2.24, 2.45) is 0 Å². The van der Waals surface area contributed by atoms with E-state index in [1.165, 1.54) is 0 Å². The number of nitrogen functional groups attached to an aromatic ring is 1. The van der Waals surface area contributed by atoms with Crippen LogP contribution in [0.2, 0.25) is 0 Å². The summed E-state index contributed by atoms with van der Waals surface area (Å²) in [6, 6.07) is 17.4. The van der Waals surface area contributed by atoms with Crippen LogP contribution in [0.3, 0.4) is 0 Å². The van der Waals surface area contributed by atoms with Gasteiger partial charge in [-0.15, -0.1) is 0 Å². The van der Waals surface area contributed by atoms with Crippen LogP contribution in [0.1, 0.15) is 34.3 Å². The third kappa shape index (κ3) is 6.41. The molecule has 0 bridgehead atoms. The monoisotopic (exact) mass is 528 g/mol. The minimum absolute atomic E-state index is 0.0889. The molecule has 3 N–H and O–H groups in total. The highest BCUT2D eigenvalue weighted by Gasteiger charge is 2.29. The number of benzene rings is 3. The van der Waals surface area contributed by atoms with E-state index in [0.29, 0.717) is 58.2 Å². The second-order valence-corrected chi connectivity index (χ2v) is 9.10. The normalized spacial score (nSPS) is 17.1. The molecular weight excluding hydrogens is 496 g/mol. The number of carbonyl (C=O) groups excluding carboxylic acids is 2. The number of amides is 1. The average molecular weight is 529 g/mol. The van der Waals surface area contributed by atoms with E-state index in [-0.39, 0.29) is 17.7 Å². The van der Waals surface area contributed by atoms with Crippen LogP contribution < -0.4 is 30.0 Å². The molecule has 0 heterocycles. The summed E-state index contributed by atoms with van der Waals surface area (Å²) in [5.74, 6) is 1.96. The van der Waals surface area contributed by atoms with Crippen molar-refractivity contribution in [2.75, 3.05) is 34.2 Å². The first-order chi connectivity index (χ1) is 18.8. The van der Waals surface area contributed by atoms with Crippen LogP contribution in [0.25, 0.3) is 12.2 Å². The number of methoxy groups -OCH3 is 4. The highest BCUT2D eigenvalue weighted by molar-refractivity contribution is 6.14. The van der Waals surface area contributed by atoms with E-state index in [1.807, 2.05) is 36.4 Å². The third-order valence-corrected chi connectivity index (χ3v) is 6.50. The lowest BCUT2D eigenvalue weighted by molar-refractivity contribution is -0.113. The molecule has 4 rings (SSSR count). The van der Waals surface area contributed by atoms with Crippen LogP contribution in [0.15, 0.2) is 71.8 Å². The van der Waals surface area contributed by atoms with Gasteiger partial charge in [0, 0.05) is 28.4 Å². The fourth-order valence-electron chi connectivity index (χ4n) is 4.58. The molecule has 3 aromatic carbocycles. The summed E-state index contributed by atoms with van der Waals surface area (Å²) >= 11 is 0. The lowest BCUT2D eigenvalue weighted by Crippen LogP contribution is -2.39. The van der Waals surface area contributed by atoms with Crippen molar-refractivity contribution in [1.82, 2.24) is 5.32 Å². The van der Waals surface area contributed by atoms with E-state index < -0.39 is 0 Å². The maximum absolute atomic E-state index is 13.7. The number of rotatable bonds is 8. The molecule has 1 aliphatic carbocycles. The van der Waals surface area contributed by atoms with E-state index in [4.69, 9.17) is 24.7 Å². The summed E-state index contributed by atoms with van der Waals surface area (Å²) < 4.78 is 21.5. The van der Waals surface area contributed by atoms with Crippen molar-refractivity contribution in [3.05, 3.63) is 88.5 Å². The standard InChI is InChI=1S/C31H32N2O6/c1-36-26-10-8-19(14-28(26)38-3)12-22-17-25(33-31(35)21-6-5-7-24(32)16-21)18-23(30(22)34)13-20-9-11-27(37-2)29(15-20)39-4/h5-16,25H,17-18,32H2,1-4H3,(H,33,35)/b22-12+,23-13+. The van der Waals surface area contributed by atoms with Gasteiger partial charge in [-0.05, 0) is 78.6 Å². The zero-order valence-corrected chi connectivity index (χ0v) is 22.4. The second kappa shape index (κ2) is 12.2. The molecule has 1 aliphatic rings. The SMILES string of the molecule is COc1ccc(/C=C2\CC(NC(=O)c3cccc(N)c3)C/C(=C\c3ccc(OC)c(OC)c3)C2=O)cc1OC. The van der Waals surface area contributed by atoms with Crippen molar-refractivity contribution in [3.63, 3.8) is 0 Å². The van der Waals surface area contributed by atoms with Crippen molar-refractivity contribution < 1.29 is 28.5 Å². The number of hydrogen-bond acceptors (Lipinski definition) is 7. The molecule has 1 amide bonds. The zero-order valence-electron chi connectivity index (χ0n) is 22.4. The van der Waals surface area contributed by atoms with Gasteiger partial charge in [0.2, 0.25) is 0 Å². The number of anilines is 1. The Kier molecular flexibility index (Phi) is 8.56. The molecule has 0 atom stereocenters. The molecule has 0 aliphatic heterocycles. The third-order valence-electron chi connectivity index (χ3n) is 6.50. The molecule has 202 valence electrons. The van der Waals surface area contributed by atoms with Gasteiger partial charge in [-0.1, -0.05) is 18.2 Å². The number of ether oxygens (including phenoxy) is 4. The lowest BCUT2D eigenvalue weighted by atomic mass is 9.83. The van der Waals surface area contributed by atoms with Gasteiger partial charge in [0.05, 0.1) is 28.4 Å². The van der Waals surface area contributed by atoms with E-state index in [2.05, 4.69) is 5.32 Å². The maximum atomic E-state index is 13.7. The molecule has 0 spiro atoms. The van der Waals surface area contributed by atoms with Gasteiger partial charge in [-0.25, -0.2) is 0 Å². The van der Waals surface area contributed by atoms with E-state index >= 15 is 0 Å². The number of Topliss-reactive ketones (excluding diaryl/α,β-unsaturated/α-hetero) is 1. The molecule has 0 saturated heterocycles. The summed E-state index contributed by atoms with van der Waals surface area (Å²) in [6.07, 6.45) is 4.38. The molecule has 1 saturated carbocycles. The topological polar surface area (TPSA) is 109 Å². The van der Waals surface area contributed by atoms with Crippen LogP contribution in [0.4, 0.5) is 5.69 Å². The first-order valence-electron chi connectivity index (χ1n) is 12.4. The molecule has 0 unspecified atom stereocenters. The fourth-order valence-corrected chi connectivity index (χ4v) is 4.58. The molecule has 8 nitrogen and oxygen atoms in total.